The van der Waals surface area contributed by atoms with Gasteiger partial charge in [0.1, 0.15) is 10.3 Å². The molecule has 2 aliphatic rings. The normalized spacial score (nSPS) is 15.3. The molecule has 5 rings (SSSR count). The summed E-state index contributed by atoms with van der Waals surface area (Å²) in [7, 11) is 0. The first kappa shape index (κ1) is 25.7. The Morgan fingerprint density at radius 2 is 1.74 bits per heavy atom. The molecule has 2 amide bonds. The summed E-state index contributed by atoms with van der Waals surface area (Å²) in [4.78, 5) is 49.9. The van der Waals surface area contributed by atoms with Gasteiger partial charge in [0.25, 0.3) is 17.5 Å². The molecule has 1 aliphatic heterocycles. The van der Waals surface area contributed by atoms with Crippen LogP contribution in [-0.4, -0.2) is 40.5 Å². The van der Waals surface area contributed by atoms with Crippen molar-refractivity contribution in [2.24, 2.45) is 0 Å². The van der Waals surface area contributed by atoms with Crippen LogP contribution in [0.5, 0.6) is 0 Å². The van der Waals surface area contributed by atoms with Crippen molar-refractivity contribution in [1.29, 1.82) is 0 Å². The highest BCUT2D eigenvalue weighted by Crippen LogP contribution is 2.32. The third kappa shape index (κ3) is 5.08. The average Bonchev–Trinajstić information content (AvgIpc) is 3.29. The Kier molecular flexibility index (Phi) is 7.07. The SMILES string of the molecule is O=C1CCc2ccc(C(=O)N3CCC(c4ccc(NC(=O)c5cc(F)cc([N+](=O)[O-])c5Br)cc4)CC3)cc21. The van der Waals surface area contributed by atoms with Crippen molar-refractivity contribution in [1.82, 2.24) is 4.90 Å². The number of nitrogens with one attached hydrogen (secondary N) is 1. The molecule has 0 radical (unpaired) electrons. The zero-order valence-electron chi connectivity index (χ0n) is 20.2. The second-order valence-corrected chi connectivity index (χ2v) is 10.3. The number of hydrogen-bond acceptors (Lipinski definition) is 5. The largest absolute Gasteiger partial charge is 0.339 e. The third-order valence-electron chi connectivity index (χ3n) is 7.16. The standard InChI is InChI=1S/C28H23BrFN3O5/c29-26-23(14-20(30)15-24(26)33(37)38)27(35)31-21-6-3-16(4-7-21)17-9-11-32(12-10-17)28(36)19-2-1-18-5-8-25(34)22(18)13-19/h1-4,6-7,13-15,17H,5,8-12H2,(H,31,35). The van der Waals surface area contributed by atoms with Gasteiger partial charge in [-0.1, -0.05) is 18.2 Å². The Bertz CT molecular complexity index is 1470. The van der Waals surface area contributed by atoms with Gasteiger partial charge in [0.15, 0.2) is 5.78 Å². The smallest absolute Gasteiger partial charge is 0.287 e. The molecule has 0 bridgehead atoms. The zero-order chi connectivity index (χ0) is 27.0. The Balaban J connectivity index is 1.20. The number of nitro groups is 1. The molecule has 1 saturated heterocycles. The van der Waals surface area contributed by atoms with Crippen molar-refractivity contribution in [2.75, 3.05) is 18.4 Å². The molecule has 3 aromatic carbocycles. The summed E-state index contributed by atoms with van der Waals surface area (Å²) in [5, 5.41) is 13.8. The summed E-state index contributed by atoms with van der Waals surface area (Å²) in [6.45, 7) is 1.19. The van der Waals surface area contributed by atoms with Gasteiger partial charge in [-0.2, -0.15) is 0 Å². The van der Waals surface area contributed by atoms with E-state index in [4.69, 9.17) is 0 Å². The summed E-state index contributed by atoms with van der Waals surface area (Å²) in [6, 6.07) is 14.4. The lowest BCUT2D eigenvalue weighted by molar-refractivity contribution is -0.385. The van der Waals surface area contributed by atoms with Crippen molar-refractivity contribution >= 4 is 44.9 Å². The first-order chi connectivity index (χ1) is 18.2. The van der Waals surface area contributed by atoms with E-state index in [-0.39, 0.29) is 27.6 Å². The second kappa shape index (κ2) is 10.4. The van der Waals surface area contributed by atoms with Crippen molar-refractivity contribution in [3.8, 4) is 0 Å². The lowest BCUT2D eigenvalue weighted by Crippen LogP contribution is -2.38. The van der Waals surface area contributed by atoms with E-state index in [9.17, 15) is 28.9 Å². The van der Waals surface area contributed by atoms with Crippen LogP contribution in [0.4, 0.5) is 15.8 Å². The highest BCUT2D eigenvalue weighted by molar-refractivity contribution is 9.10. The van der Waals surface area contributed by atoms with Crippen LogP contribution in [0.1, 0.15) is 67.4 Å². The van der Waals surface area contributed by atoms with E-state index < -0.39 is 22.3 Å². The summed E-state index contributed by atoms with van der Waals surface area (Å²) < 4.78 is 13.7. The minimum atomic E-state index is -0.880. The Morgan fingerprint density at radius 3 is 2.42 bits per heavy atom. The maximum absolute atomic E-state index is 13.8. The van der Waals surface area contributed by atoms with Crippen molar-refractivity contribution in [3.05, 3.63) is 103 Å². The van der Waals surface area contributed by atoms with E-state index in [0.29, 0.717) is 36.3 Å². The second-order valence-electron chi connectivity index (χ2n) is 9.48. The number of aryl methyl sites for hydroxylation is 1. The number of halogens is 2. The van der Waals surface area contributed by atoms with Crippen LogP contribution >= 0.6 is 15.9 Å². The van der Waals surface area contributed by atoms with E-state index in [1.165, 1.54) is 0 Å². The molecule has 10 heteroatoms. The van der Waals surface area contributed by atoms with E-state index in [1.54, 1.807) is 24.3 Å². The number of ketones is 1. The fourth-order valence-corrected chi connectivity index (χ4v) is 5.63. The van der Waals surface area contributed by atoms with Gasteiger partial charge in [-0.25, -0.2) is 4.39 Å². The molecule has 1 N–H and O–H groups in total. The number of nitrogens with zero attached hydrogens (tertiary/aromatic N) is 2. The highest BCUT2D eigenvalue weighted by Gasteiger charge is 2.27. The van der Waals surface area contributed by atoms with Crippen LogP contribution in [0, 0.1) is 15.9 Å². The maximum atomic E-state index is 13.8. The third-order valence-corrected chi connectivity index (χ3v) is 7.99. The average molecular weight is 580 g/mol. The zero-order valence-corrected chi connectivity index (χ0v) is 21.8. The molecule has 194 valence electrons. The van der Waals surface area contributed by atoms with Crippen molar-refractivity contribution in [3.63, 3.8) is 0 Å². The van der Waals surface area contributed by atoms with Gasteiger partial charge >= 0.3 is 0 Å². The number of carbonyl (C=O) groups is 3. The summed E-state index contributed by atoms with van der Waals surface area (Å²) in [5.41, 5.74) is 3.06. The molecule has 1 heterocycles. The number of likely N-dealkylation sites (tertiary alicyclic amines) is 1. The molecule has 0 spiro atoms. The number of carbonyl (C=O) groups excluding carboxylic acids is 3. The molecular formula is C28H23BrFN3O5. The Hall–Kier alpha value is -3.92. The van der Waals surface area contributed by atoms with E-state index >= 15 is 0 Å². The van der Waals surface area contributed by atoms with Gasteiger partial charge in [-0.15, -0.1) is 0 Å². The molecule has 3 aromatic rings. The molecular weight excluding hydrogens is 557 g/mol. The summed E-state index contributed by atoms with van der Waals surface area (Å²) in [5.74, 6) is -1.28. The molecule has 0 atom stereocenters. The number of rotatable bonds is 5. The molecule has 8 nitrogen and oxygen atoms in total. The molecule has 1 fully saturated rings. The molecule has 0 aromatic heterocycles. The van der Waals surface area contributed by atoms with Gasteiger partial charge in [-0.3, -0.25) is 24.5 Å². The highest BCUT2D eigenvalue weighted by atomic mass is 79.9. The van der Waals surface area contributed by atoms with Crippen LogP contribution in [0.15, 0.2) is 59.1 Å². The minimum absolute atomic E-state index is 0.0623. The first-order valence-electron chi connectivity index (χ1n) is 12.2. The number of piperidine rings is 1. The topological polar surface area (TPSA) is 110 Å². The fraction of sp³-hybridized carbons (Fsp3) is 0.250. The molecule has 0 unspecified atom stereocenters. The predicted molar refractivity (Wildman–Crippen MR) is 142 cm³/mol. The van der Waals surface area contributed by atoms with Crippen molar-refractivity contribution < 1.29 is 23.7 Å². The van der Waals surface area contributed by atoms with E-state index in [1.807, 2.05) is 23.1 Å². The van der Waals surface area contributed by atoms with Crippen LogP contribution in [-0.2, 0) is 6.42 Å². The van der Waals surface area contributed by atoms with Crippen LogP contribution in [0.3, 0.4) is 0 Å². The monoisotopic (exact) mass is 579 g/mol. The Morgan fingerprint density at radius 1 is 1.03 bits per heavy atom. The minimum Gasteiger partial charge on any atom is -0.339 e. The lowest BCUT2D eigenvalue weighted by Gasteiger charge is -2.32. The summed E-state index contributed by atoms with van der Waals surface area (Å²) >= 11 is 3.03. The van der Waals surface area contributed by atoms with Crippen LogP contribution in [0.2, 0.25) is 0 Å². The van der Waals surface area contributed by atoms with Crippen LogP contribution in [0.25, 0.3) is 0 Å². The number of hydrogen-bond donors (Lipinski definition) is 1. The van der Waals surface area contributed by atoms with Crippen molar-refractivity contribution in [2.45, 2.75) is 31.6 Å². The number of benzene rings is 3. The number of Topliss-reactive ketones (excluding diaryl/α,β-unsaturated/α-hetero) is 1. The quantitative estimate of drug-likeness (QED) is 0.299. The molecule has 38 heavy (non-hydrogen) atoms. The lowest BCUT2D eigenvalue weighted by atomic mass is 9.89. The Labute approximate surface area is 226 Å². The number of amides is 2. The van der Waals surface area contributed by atoms with Gasteiger partial charge in [0.2, 0.25) is 0 Å². The first-order valence-corrected chi connectivity index (χ1v) is 13.0. The predicted octanol–water partition coefficient (Wildman–Crippen LogP) is 5.90. The van der Waals surface area contributed by atoms with E-state index in [0.717, 1.165) is 42.5 Å². The van der Waals surface area contributed by atoms with Gasteiger partial charge in [0.05, 0.1) is 16.6 Å². The van der Waals surface area contributed by atoms with Crippen LogP contribution < -0.4 is 5.32 Å². The van der Waals surface area contributed by atoms with E-state index in [2.05, 4.69) is 21.2 Å². The van der Waals surface area contributed by atoms with Gasteiger partial charge in [-0.05, 0) is 82.6 Å². The number of nitro benzene ring substituents is 1. The number of anilines is 1. The molecule has 0 saturated carbocycles. The fourth-order valence-electron chi connectivity index (χ4n) is 5.08. The maximum Gasteiger partial charge on any atom is 0.287 e. The summed E-state index contributed by atoms with van der Waals surface area (Å²) in [6.07, 6.45) is 2.80. The van der Waals surface area contributed by atoms with Gasteiger partial charge in [0, 0.05) is 36.3 Å². The van der Waals surface area contributed by atoms with Gasteiger partial charge < -0.3 is 10.2 Å². The number of fused-ring (bicyclic) bond motifs is 1. The molecule has 1 aliphatic carbocycles.